The number of likely N-dealkylation sites (tertiary alicyclic amines) is 1. The van der Waals surface area contributed by atoms with Gasteiger partial charge in [0.15, 0.2) is 0 Å². The van der Waals surface area contributed by atoms with Crippen molar-refractivity contribution >= 4 is 17.8 Å². The van der Waals surface area contributed by atoms with Gasteiger partial charge in [-0.3, -0.25) is 19.4 Å². The summed E-state index contributed by atoms with van der Waals surface area (Å²) in [6.07, 6.45) is 0.956. The third-order valence-electron chi connectivity index (χ3n) is 4.28. The van der Waals surface area contributed by atoms with Gasteiger partial charge in [-0.05, 0) is 19.8 Å². The van der Waals surface area contributed by atoms with Crippen LogP contribution in [0.5, 0.6) is 0 Å². The quantitative estimate of drug-likeness (QED) is 0.667. The van der Waals surface area contributed by atoms with Crippen LogP contribution in [0.3, 0.4) is 0 Å². The van der Waals surface area contributed by atoms with Gasteiger partial charge in [0.1, 0.15) is 5.54 Å². The van der Waals surface area contributed by atoms with E-state index in [4.69, 9.17) is 5.26 Å². The standard InChI is InChI=1S/C14H21N5O3/c1-10(7-15)8-19-12(21)14(17-13(19)22)3-5-18(6-4-14)9-11(20)16-2/h10H,3-6,8-9H2,1-2H3,(H,16,20)(H,17,22). The Morgan fingerprint density at radius 1 is 1.45 bits per heavy atom. The molecule has 0 aromatic heterocycles. The van der Waals surface area contributed by atoms with E-state index in [0.29, 0.717) is 32.5 Å². The van der Waals surface area contributed by atoms with Gasteiger partial charge in [-0.15, -0.1) is 0 Å². The van der Waals surface area contributed by atoms with E-state index < -0.39 is 17.5 Å². The van der Waals surface area contributed by atoms with Crippen LogP contribution >= 0.6 is 0 Å². The van der Waals surface area contributed by atoms with Gasteiger partial charge in [0.05, 0.1) is 18.5 Å². The largest absolute Gasteiger partial charge is 0.358 e. The highest BCUT2D eigenvalue weighted by molar-refractivity contribution is 6.07. The summed E-state index contributed by atoms with van der Waals surface area (Å²) in [6.45, 7) is 3.23. The molecule has 2 fully saturated rings. The zero-order chi connectivity index (χ0) is 16.3. The summed E-state index contributed by atoms with van der Waals surface area (Å²) in [5.74, 6) is -0.709. The van der Waals surface area contributed by atoms with E-state index >= 15 is 0 Å². The lowest BCUT2D eigenvalue weighted by atomic mass is 9.87. The molecule has 0 saturated carbocycles. The van der Waals surface area contributed by atoms with Crippen LogP contribution in [0.15, 0.2) is 0 Å². The first kappa shape index (κ1) is 16.2. The molecule has 2 N–H and O–H groups in total. The summed E-state index contributed by atoms with van der Waals surface area (Å²) in [6, 6.07) is 1.61. The molecule has 1 atom stereocenters. The molecule has 2 heterocycles. The van der Waals surface area contributed by atoms with E-state index in [2.05, 4.69) is 10.6 Å². The lowest BCUT2D eigenvalue weighted by Gasteiger charge is -2.36. The number of carbonyl (C=O) groups is 3. The number of urea groups is 1. The Balaban J connectivity index is 1.99. The first-order chi connectivity index (χ1) is 10.4. The molecular weight excluding hydrogens is 286 g/mol. The average Bonchev–Trinajstić information content (AvgIpc) is 2.74. The van der Waals surface area contributed by atoms with Gasteiger partial charge in [-0.2, -0.15) is 5.26 Å². The molecule has 0 aromatic carbocycles. The Morgan fingerprint density at radius 3 is 2.64 bits per heavy atom. The molecule has 0 radical (unpaired) electrons. The van der Waals surface area contributed by atoms with Crippen LogP contribution < -0.4 is 10.6 Å². The van der Waals surface area contributed by atoms with Crippen molar-refractivity contribution < 1.29 is 14.4 Å². The maximum atomic E-state index is 12.6. The first-order valence-corrected chi connectivity index (χ1v) is 7.38. The van der Waals surface area contributed by atoms with Crippen LogP contribution in [0.4, 0.5) is 4.79 Å². The van der Waals surface area contributed by atoms with Crippen LogP contribution in [-0.2, 0) is 9.59 Å². The maximum Gasteiger partial charge on any atom is 0.325 e. The third-order valence-corrected chi connectivity index (χ3v) is 4.28. The van der Waals surface area contributed by atoms with Crippen molar-refractivity contribution in [3.63, 3.8) is 0 Å². The number of likely N-dealkylation sites (N-methyl/N-ethyl adjacent to an activating group) is 1. The predicted octanol–water partition coefficient (Wildman–Crippen LogP) is -0.722. The second-order valence-electron chi connectivity index (χ2n) is 5.91. The Hall–Kier alpha value is -2.14. The van der Waals surface area contributed by atoms with E-state index in [9.17, 15) is 14.4 Å². The van der Waals surface area contributed by atoms with Crippen molar-refractivity contribution in [3.05, 3.63) is 0 Å². The van der Waals surface area contributed by atoms with Gasteiger partial charge < -0.3 is 10.6 Å². The highest BCUT2D eigenvalue weighted by Crippen LogP contribution is 2.29. The third kappa shape index (κ3) is 3.04. The molecule has 0 aromatic rings. The van der Waals surface area contributed by atoms with Crippen molar-refractivity contribution in [3.8, 4) is 6.07 Å². The molecule has 8 nitrogen and oxygen atoms in total. The van der Waals surface area contributed by atoms with E-state index in [-0.39, 0.29) is 18.4 Å². The molecule has 120 valence electrons. The smallest absolute Gasteiger partial charge is 0.325 e. The molecule has 4 amide bonds. The van der Waals surface area contributed by atoms with E-state index in [1.54, 1.807) is 14.0 Å². The number of carbonyl (C=O) groups excluding carboxylic acids is 3. The van der Waals surface area contributed by atoms with Crippen molar-refractivity contribution in [1.29, 1.82) is 5.26 Å². The number of amides is 4. The molecular formula is C14H21N5O3. The molecule has 1 unspecified atom stereocenters. The zero-order valence-electron chi connectivity index (χ0n) is 12.9. The van der Waals surface area contributed by atoms with E-state index in [1.807, 2.05) is 11.0 Å². The van der Waals surface area contributed by atoms with Crippen LogP contribution in [-0.4, -0.2) is 66.4 Å². The Morgan fingerprint density at radius 2 is 2.09 bits per heavy atom. The Kier molecular flexibility index (Phi) is 4.66. The van der Waals surface area contributed by atoms with Crippen LogP contribution in [0.25, 0.3) is 0 Å². The SMILES string of the molecule is CNC(=O)CN1CCC2(CC1)NC(=O)N(CC(C)C#N)C2=O. The van der Waals surface area contributed by atoms with E-state index in [0.717, 1.165) is 4.90 Å². The van der Waals surface area contributed by atoms with Crippen LogP contribution in [0.1, 0.15) is 19.8 Å². The van der Waals surface area contributed by atoms with Gasteiger partial charge in [0.2, 0.25) is 5.91 Å². The molecule has 2 aliphatic rings. The van der Waals surface area contributed by atoms with Gasteiger partial charge in [0, 0.05) is 26.7 Å². The summed E-state index contributed by atoms with van der Waals surface area (Å²) in [7, 11) is 1.59. The van der Waals surface area contributed by atoms with Crippen LogP contribution in [0, 0.1) is 17.2 Å². The number of nitrogens with one attached hydrogen (secondary N) is 2. The lowest BCUT2D eigenvalue weighted by molar-refractivity contribution is -0.133. The summed E-state index contributed by atoms with van der Waals surface area (Å²) >= 11 is 0. The lowest BCUT2D eigenvalue weighted by Crippen LogP contribution is -2.56. The molecule has 1 spiro atoms. The fraction of sp³-hybridized carbons (Fsp3) is 0.714. The number of rotatable bonds is 4. The summed E-state index contributed by atoms with van der Waals surface area (Å²) < 4.78 is 0. The molecule has 2 aliphatic heterocycles. The van der Waals surface area contributed by atoms with Crippen molar-refractivity contribution in [2.45, 2.75) is 25.3 Å². The summed E-state index contributed by atoms with van der Waals surface area (Å²) in [5, 5.41) is 14.2. The maximum absolute atomic E-state index is 12.6. The highest BCUT2D eigenvalue weighted by Gasteiger charge is 2.52. The van der Waals surface area contributed by atoms with E-state index in [1.165, 1.54) is 0 Å². The fourth-order valence-corrected chi connectivity index (χ4v) is 2.87. The molecule has 2 saturated heterocycles. The van der Waals surface area contributed by atoms with Crippen molar-refractivity contribution in [2.24, 2.45) is 5.92 Å². The number of piperidine rings is 1. The normalized spacial score (nSPS) is 22.3. The number of nitrogens with zero attached hydrogens (tertiary/aromatic N) is 3. The van der Waals surface area contributed by atoms with Gasteiger partial charge in [-0.25, -0.2) is 4.79 Å². The Labute approximate surface area is 129 Å². The second-order valence-corrected chi connectivity index (χ2v) is 5.91. The predicted molar refractivity (Wildman–Crippen MR) is 77.5 cm³/mol. The minimum Gasteiger partial charge on any atom is -0.358 e. The zero-order valence-corrected chi connectivity index (χ0v) is 12.9. The number of imide groups is 1. The minimum atomic E-state index is -0.870. The van der Waals surface area contributed by atoms with Crippen molar-refractivity contribution in [2.75, 3.05) is 33.2 Å². The van der Waals surface area contributed by atoms with Crippen molar-refractivity contribution in [1.82, 2.24) is 20.4 Å². The van der Waals surface area contributed by atoms with Crippen LogP contribution in [0.2, 0.25) is 0 Å². The average molecular weight is 307 g/mol. The fourth-order valence-electron chi connectivity index (χ4n) is 2.87. The highest BCUT2D eigenvalue weighted by atomic mass is 16.2. The number of nitriles is 1. The molecule has 0 aliphatic carbocycles. The minimum absolute atomic E-state index is 0.0674. The monoisotopic (exact) mass is 307 g/mol. The topological polar surface area (TPSA) is 106 Å². The summed E-state index contributed by atoms with van der Waals surface area (Å²) in [4.78, 5) is 39.1. The second kappa shape index (κ2) is 6.32. The molecule has 22 heavy (non-hydrogen) atoms. The molecule has 8 heteroatoms. The van der Waals surface area contributed by atoms with Gasteiger partial charge in [0.25, 0.3) is 5.91 Å². The van der Waals surface area contributed by atoms with Gasteiger partial charge >= 0.3 is 6.03 Å². The number of hydrogen-bond acceptors (Lipinski definition) is 5. The molecule has 2 rings (SSSR count). The summed E-state index contributed by atoms with van der Waals surface area (Å²) in [5.41, 5.74) is -0.870. The Bertz CT molecular complexity index is 519. The first-order valence-electron chi connectivity index (χ1n) is 7.38. The van der Waals surface area contributed by atoms with Gasteiger partial charge in [-0.1, -0.05) is 0 Å². The molecule has 0 bridgehead atoms. The number of hydrogen-bond donors (Lipinski definition) is 2.